The van der Waals surface area contributed by atoms with E-state index in [1.54, 1.807) is 36.5 Å². The molecule has 0 bridgehead atoms. The van der Waals surface area contributed by atoms with Gasteiger partial charge in [-0.2, -0.15) is 0 Å². The van der Waals surface area contributed by atoms with E-state index in [1.165, 1.54) is 0 Å². The Morgan fingerprint density at radius 1 is 1.12 bits per heavy atom. The summed E-state index contributed by atoms with van der Waals surface area (Å²) >= 11 is 3.40. The molecule has 2 aromatic rings. The average Bonchev–Trinajstić information content (AvgIpc) is 2.86. The fourth-order valence-corrected chi connectivity index (χ4v) is 5.31. The Kier molecular flexibility index (Phi) is 9.88. The lowest BCUT2D eigenvalue weighted by atomic mass is 10.1. The fraction of sp³-hybridized carbons (Fsp3) is 0.423. The number of benzene rings is 2. The Balaban J connectivity index is 1.37. The Labute approximate surface area is 211 Å². The summed E-state index contributed by atoms with van der Waals surface area (Å²) in [4.78, 5) is 14.8. The van der Waals surface area contributed by atoms with Crippen molar-refractivity contribution >= 4 is 37.8 Å². The SMILES string of the molecule is CCS(=O)(=O)N(C)C1CCN(CCCOc2ccc(C(=O)/C=C/c3ccc(Br)cc3)cc2)CC1. The number of hydrogen-bond acceptors (Lipinski definition) is 5. The molecule has 0 aromatic heterocycles. The van der Waals surface area contributed by atoms with Crippen LogP contribution >= 0.6 is 15.9 Å². The second-order valence-electron chi connectivity index (χ2n) is 8.47. The van der Waals surface area contributed by atoms with E-state index in [2.05, 4.69) is 20.8 Å². The van der Waals surface area contributed by atoms with Crippen LogP contribution in [-0.4, -0.2) is 68.5 Å². The van der Waals surface area contributed by atoms with Gasteiger partial charge in [0, 0.05) is 29.7 Å². The summed E-state index contributed by atoms with van der Waals surface area (Å²) in [6.45, 7) is 5.02. The maximum atomic E-state index is 12.4. The lowest BCUT2D eigenvalue weighted by Gasteiger charge is -2.36. The van der Waals surface area contributed by atoms with Gasteiger partial charge in [-0.1, -0.05) is 34.1 Å². The van der Waals surface area contributed by atoms with Crippen molar-refractivity contribution in [3.05, 3.63) is 70.2 Å². The Morgan fingerprint density at radius 3 is 2.38 bits per heavy atom. The summed E-state index contributed by atoms with van der Waals surface area (Å²) in [5.41, 5.74) is 1.59. The van der Waals surface area contributed by atoms with Gasteiger partial charge in [0.1, 0.15) is 5.75 Å². The summed E-state index contributed by atoms with van der Waals surface area (Å²) in [5.74, 6) is 0.854. The number of ketones is 1. The summed E-state index contributed by atoms with van der Waals surface area (Å²) in [6, 6.07) is 15.1. The second-order valence-corrected chi connectivity index (χ2v) is 11.7. The number of sulfonamides is 1. The van der Waals surface area contributed by atoms with Crippen LogP contribution in [-0.2, 0) is 10.0 Å². The molecule has 8 heteroatoms. The van der Waals surface area contributed by atoms with Gasteiger partial charge in [-0.05, 0) is 87.3 Å². The maximum absolute atomic E-state index is 12.4. The van der Waals surface area contributed by atoms with Crippen LogP contribution in [0.3, 0.4) is 0 Å². The minimum atomic E-state index is -3.12. The highest BCUT2D eigenvalue weighted by atomic mass is 79.9. The molecule has 1 aliphatic rings. The number of carbonyl (C=O) groups is 1. The molecule has 184 valence electrons. The molecule has 3 rings (SSSR count). The van der Waals surface area contributed by atoms with Gasteiger partial charge in [0.05, 0.1) is 12.4 Å². The van der Waals surface area contributed by atoms with Gasteiger partial charge in [0.25, 0.3) is 0 Å². The molecule has 6 nitrogen and oxygen atoms in total. The number of likely N-dealkylation sites (tertiary alicyclic amines) is 1. The van der Waals surface area contributed by atoms with Crippen molar-refractivity contribution in [1.29, 1.82) is 0 Å². The monoisotopic (exact) mass is 548 g/mol. The molecular formula is C26H33BrN2O4S. The Morgan fingerprint density at radius 2 is 1.76 bits per heavy atom. The number of halogens is 1. The summed E-state index contributed by atoms with van der Waals surface area (Å²) in [6.07, 6.45) is 6.01. The largest absolute Gasteiger partial charge is 0.494 e. The average molecular weight is 550 g/mol. The Bertz CT molecular complexity index is 1060. The number of nitrogens with zero attached hydrogens (tertiary/aromatic N) is 2. The minimum Gasteiger partial charge on any atom is -0.494 e. The van der Waals surface area contributed by atoms with E-state index in [9.17, 15) is 13.2 Å². The predicted molar refractivity (Wildman–Crippen MR) is 141 cm³/mol. The highest BCUT2D eigenvalue weighted by molar-refractivity contribution is 9.10. The third kappa shape index (κ3) is 7.77. The molecule has 0 amide bonds. The number of carbonyl (C=O) groups excluding carboxylic acids is 1. The molecule has 1 saturated heterocycles. The zero-order valence-corrected chi connectivity index (χ0v) is 22.2. The van der Waals surface area contributed by atoms with Crippen LogP contribution in [0.4, 0.5) is 0 Å². The number of hydrogen-bond donors (Lipinski definition) is 0. The molecule has 2 aromatic carbocycles. The predicted octanol–water partition coefficient (Wildman–Crippen LogP) is 4.86. The summed E-state index contributed by atoms with van der Waals surface area (Å²) in [7, 11) is -1.43. The van der Waals surface area contributed by atoms with Gasteiger partial charge >= 0.3 is 0 Å². The van der Waals surface area contributed by atoms with Crippen molar-refractivity contribution in [3.8, 4) is 5.75 Å². The van der Waals surface area contributed by atoms with Crippen molar-refractivity contribution < 1.29 is 17.9 Å². The molecule has 34 heavy (non-hydrogen) atoms. The van der Waals surface area contributed by atoms with Crippen LogP contribution in [0.1, 0.15) is 42.1 Å². The third-order valence-electron chi connectivity index (χ3n) is 6.20. The highest BCUT2D eigenvalue weighted by Crippen LogP contribution is 2.19. The van der Waals surface area contributed by atoms with E-state index in [-0.39, 0.29) is 17.6 Å². The van der Waals surface area contributed by atoms with Gasteiger partial charge < -0.3 is 9.64 Å². The summed E-state index contributed by atoms with van der Waals surface area (Å²) < 4.78 is 32.5. The number of allylic oxidation sites excluding steroid dienone is 1. The van der Waals surface area contributed by atoms with Crippen molar-refractivity contribution in [3.63, 3.8) is 0 Å². The first-order chi connectivity index (χ1) is 16.3. The van der Waals surface area contributed by atoms with Crippen LogP contribution in [0.25, 0.3) is 6.08 Å². The highest BCUT2D eigenvalue weighted by Gasteiger charge is 2.28. The van der Waals surface area contributed by atoms with E-state index >= 15 is 0 Å². The first kappa shape index (κ1) is 26.6. The van der Waals surface area contributed by atoms with Crippen molar-refractivity contribution in [2.45, 2.75) is 32.2 Å². The topological polar surface area (TPSA) is 66.9 Å². The first-order valence-corrected chi connectivity index (χ1v) is 14.1. The number of ether oxygens (including phenoxy) is 1. The van der Waals surface area contributed by atoms with Crippen LogP contribution < -0.4 is 4.74 Å². The minimum absolute atomic E-state index is 0.0461. The summed E-state index contributed by atoms with van der Waals surface area (Å²) in [5, 5.41) is 0. The lowest BCUT2D eigenvalue weighted by molar-refractivity contribution is 0.104. The lowest BCUT2D eigenvalue weighted by Crippen LogP contribution is -2.46. The van der Waals surface area contributed by atoms with Crippen molar-refractivity contribution in [2.75, 3.05) is 39.0 Å². The van der Waals surface area contributed by atoms with Crippen molar-refractivity contribution in [1.82, 2.24) is 9.21 Å². The van der Waals surface area contributed by atoms with Gasteiger partial charge in [0.2, 0.25) is 10.0 Å². The molecule has 0 radical (unpaired) electrons. The third-order valence-corrected chi connectivity index (χ3v) is 8.63. The molecule has 0 aliphatic carbocycles. The molecule has 0 unspecified atom stereocenters. The molecule has 0 saturated carbocycles. The van der Waals surface area contributed by atoms with Gasteiger partial charge in [-0.25, -0.2) is 12.7 Å². The van der Waals surface area contributed by atoms with Crippen LogP contribution in [0.15, 0.2) is 59.1 Å². The fourth-order valence-electron chi connectivity index (χ4n) is 3.97. The molecule has 1 heterocycles. The van der Waals surface area contributed by atoms with Gasteiger partial charge in [-0.3, -0.25) is 4.79 Å². The molecule has 0 atom stereocenters. The molecule has 1 fully saturated rings. The zero-order chi connectivity index (χ0) is 24.6. The van der Waals surface area contributed by atoms with E-state index in [0.717, 1.165) is 54.7 Å². The first-order valence-electron chi connectivity index (χ1n) is 11.7. The number of rotatable bonds is 11. The quantitative estimate of drug-likeness (QED) is 0.228. The van der Waals surface area contributed by atoms with Gasteiger partial charge in [-0.15, -0.1) is 0 Å². The second kappa shape index (κ2) is 12.6. The van der Waals surface area contributed by atoms with E-state index in [1.807, 2.05) is 42.5 Å². The zero-order valence-electron chi connectivity index (χ0n) is 19.8. The van der Waals surface area contributed by atoms with E-state index in [0.29, 0.717) is 12.2 Å². The molecule has 1 aliphatic heterocycles. The van der Waals surface area contributed by atoms with Crippen LogP contribution in [0.5, 0.6) is 5.75 Å². The molecule has 0 N–H and O–H groups in total. The van der Waals surface area contributed by atoms with Crippen LogP contribution in [0, 0.1) is 0 Å². The number of piperidine rings is 1. The smallest absolute Gasteiger partial charge is 0.213 e. The molecular weight excluding hydrogens is 516 g/mol. The van der Waals surface area contributed by atoms with Crippen LogP contribution in [0.2, 0.25) is 0 Å². The Hall–Kier alpha value is -2.00. The maximum Gasteiger partial charge on any atom is 0.213 e. The van der Waals surface area contributed by atoms with E-state index in [4.69, 9.17) is 4.74 Å². The standard InChI is InChI=1S/C26H33BrN2O4S/c1-3-34(31,32)28(2)24-15-18-29(19-16-24)17-4-20-33-25-12-8-22(9-13-25)26(30)14-7-21-5-10-23(27)11-6-21/h5-14,24H,3-4,15-20H2,1-2H3/b14-7+. The van der Waals surface area contributed by atoms with Crippen molar-refractivity contribution in [2.24, 2.45) is 0 Å². The normalized spacial score (nSPS) is 15.8. The van der Waals surface area contributed by atoms with E-state index < -0.39 is 10.0 Å². The molecule has 0 spiro atoms. The van der Waals surface area contributed by atoms with Gasteiger partial charge in [0.15, 0.2) is 5.78 Å².